The van der Waals surface area contributed by atoms with Crippen molar-refractivity contribution in [1.29, 1.82) is 0 Å². The van der Waals surface area contributed by atoms with E-state index in [1.54, 1.807) is 0 Å². The molecule has 0 aliphatic rings. The summed E-state index contributed by atoms with van der Waals surface area (Å²) in [6.07, 6.45) is 0. The van der Waals surface area contributed by atoms with Crippen molar-refractivity contribution in [3.63, 3.8) is 0 Å². The minimum Gasteiger partial charge on any atom is -0.488 e. The summed E-state index contributed by atoms with van der Waals surface area (Å²) in [7, 11) is 0. The zero-order valence-electron chi connectivity index (χ0n) is 18.0. The minimum absolute atomic E-state index is 0.0664. The summed E-state index contributed by atoms with van der Waals surface area (Å²) < 4.78 is 17.4. The van der Waals surface area contributed by atoms with Crippen LogP contribution in [0.1, 0.15) is 32.9 Å². The van der Waals surface area contributed by atoms with Crippen molar-refractivity contribution in [3.8, 4) is 17.2 Å². The number of hydrogen-bond donors (Lipinski definition) is 1. The number of carboxylic acids is 1. The second kappa shape index (κ2) is 10.3. The van der Waals surface area contributed by atoms with Crippen LogP contribution in [0.3, 0.4) is 0 Å². The Labute approximate surface area is 196 Å². The molecule has 0 atom stereocenters. The highest BCUT2D eigenvalue weighted by atomic mass is 35.5. The third kappa shape index (κ3) is 5.80. The van der Waals surface area contributed by atoms with E-state index in [2.05, 4.69) is 4.98 Å². The van der Waals surface area contributed by atoms with Gasteiger partial charge in [-0.15, -0.1) is 0 Å². The van der Waals surface area contributed by atoms with Crippen LogP contribution in [0.4, 0.5) is 0 Å². The van der Waals surface area contributed by atoms with Crippen LogP contribution in [-0.4, -0.2) is 16.1 Å². The van der Waals surface area contributed by atoms with Crippen LogP contribution in [0.2, 0.25) is 5.02 Å². The van der Waals surface area contributed by atoms with Crippen LogP contribution in [-0.2, 0) is 24.6 Å². The van der Waals surface area contributed by atoms with Gasteiger partial charge in [0.25, 0.3) is 0 Å². The van der Waals surface area contributed by atoms with Crippen LogP contribution in [0.25, 0.3) is 11.5 Å². The predicted octanol–water partition coefficient (Wildman–Crippen LogP) is 6.30. The normalized spacial score (nSPS) is 10.8. The Balaban J connectivity index is 1.35. The van der Waals surface area contributed by atoms with Crippen LogP contribution < -0.4 is 4.74 Å². The van der Waals surface area contributed by atoms with Gasteiger partial charge in [-0.3, -0.25) is 0 Å². The van der Waals surface area contributed by atoms with E-state index in [-0.39, 0.29) is 17.9 Å². The third-order valence-corrected chi connectivity index (χ3v) is 5.22. The van der Waals surface area contributed by atoms with Crippen LogP contribution in [0, 0.1) is 6.92 Å². The highest BCUT2D eigenvalue weighted by Gasteiger charge is 2.13. The average molecular weight is 464 g/mol. The Morgan fingerprint density at radius 2 is 1.73 bits per heavy atom. The van der Waals surface area contributed by atoms with Crippen molar-refractivity contribution in [2.75, 3.05) is 0 Å². The van der Waals surface area contributed by atoms with E-state index in [1.807, 2.05) is 61.5 Å². The molecule has 4 rings (SSSR count). The van der Waals surface area contributed by atoms with E-state index in [0.29, 0.717) is 24.1 Å². The number of aromatic carboxylic acids is 1. The maximum atomic E-state index is 11.4. The second-order valence-electron chi connectivity index (χ2n) is 7.43. The molecule has 0 bridgehead atoms. The molecular weight excluding hydrogens is 442 g/mol. The third-order valence-electron chi connectivity index (χ3n) is 4.98. The van der Waals surface area contributed by atoms with Gasteiger partial charge >= 0.3 is 5.97 Å². The number of nitrogens with zero attached hydrogens (tertiary/aromatic N) is 1. The summed E-state index contributed by atoms with van der Waals surface area (Å²) in [5, 5.41) is 9.74. The molecule has 0 saturated heterocycles. The van der Waals surface area contributed by atoms with Gasteiger partial charge in [0.2, 0.25) is 5.89 Å². The first-order valence-corrected chi connectivity index (χ1v) is 10.7. The number of aryl methyl sites for hydroxylation is 1. The standard InChI is InChI=1S/C26H22ClNO5/c1-17-23(28-25(33-17)20-8-3-2-4-9-20)16-31-14-18-6-5-7-19(12-18)15-32-24-13-21(27)10-11-22(24)26(29)30/h2-13H,14-16H2,1H3,(H,29,30). The summed E-state index contributed by atoms with van der Waals surface area (Å²) in [5.74, 6) is 0.467. The first-order chi connectivity index (χ1) is 16.0. The number of halogens is 1. The van der Waals surface area contributed by atoms with Gasteiger partial charge in [-0.25, -0.2) is 9.78 Å². The molecule has 3 aromatic carbocycles. The van der Waals surface area contributed by atoms with E-state index in [0.717, 1.165) is 28.1 Å². The van der Waals surface area contributed by atoms with Gasteiger partial charge in [-0.2, -0.15) is 0 Å². The average Bonchev–Trinajstić information content (AvgIpc) is 3.19. The quantitative estimate of drug-likeness (QED) is 0.314. The lowest BCUT2D eigenvalue weighted by molar-refractivity contribution is 0.0691. The molecule has 0 fully saturated rings. The number of aromatic nitrogens is 1. The molecule has 33 heavy (non-hydrogen) atoms. The number of benzene rings is 3. The van der Waals surface area contributed by atoms with Crippen molar-refractivity contribution in [2.45, 2.75) is 26.7 Å². The van der Waals surface area contributed by atoms with Gasteiger partial charge in [-0.1, -0.05) is 54.1 Å². The summed E-state index contributed by atoms with van der Waals surface area (Å²) in [5.41, 5.74) is 3.60. The van der Waals surface area contributed by atoms with Crippen LogP contribution in [0.15, 0.2) is 77.2 Å². The molecule has 1 N–H and O–H groups in total. The maximum absolute atomic E-state index is 11.4. The largest absolute Gasteiger partial charge is 0.488 e. The fraction of sp³-hybridized carbons (Fsp3) is 0.154. The van der Waals surface area contributed by atoms with E-state index >= 15 is 0 Å². The van der Waals surface area contributed by atoms with Crippen molar-refractivity contribution in [3.05, 3.63) is 106 Å². The topological polar surface area (TPSA) is 81.8 Å². The lowest BCUT2D eigenvalue weighted by Gasteiger charge is -2.11. The van der Waals surface area contributed by atoms with Crippen molar-refractivity contribution < 1.29 is 23.8 Å². The van der Waals surface area contributed by atoms with Gasteiger partial charge in [0.05, 0.1) is 13.2 Å². The van der Waals surface area contributed by atoms with Gasteiger partial charge in [0, 0.05) is 10.6 Å². The maximum Gasteiger partial charge on any atom is 0.339 e. The molecular formula is C26H22ClNO5. The second-order valence-corrected chi connectivity index (χ2v) is 7.87. The molecule has 0 amide bonds. The van der Waals surface area contributed by atoms with Crippen LogP contribution >= 0.6 is 11.6 Å². The molecule has 0 saturated carbocycles. The van der Waals surface area contributed by atoms with E-state index < -0.39 is 5.97 Å². The van der Waals surface area contributed by atoms with Gasteiger partial charge in [0.15, 0.2) is 0 Å². The first kappa shape index (κ1) is 22.6. The Bertz CT molecular complexity index is 1250. The molecule has 4 aromatic rings. The molecule has 0 aliphatic carbocycles. The molecule has 0 radical (unpaired) electrons. The Kier molecular flexibility index (Phi) is 7.07. The smallest absolute Gasteiger partial charge is 0.339 e. The molecule has 1 heterocycles. The summed E-state index contributed by atoms with van der Waals surface area (Å²) >= 11 is 5.98. The fourth-order valence-corrected chi connectivity index (χ4v) is 3.46. The number of ether oxygens (including phenoxy) is 2. The van der Waals surface area contributed by atoms with E-state index in [1.165, 1.54) is 18.2 Å². The number of oxazole rings is 1. The monoisotopic (exact) mass is 463 g/mol. The number of carbonyl (C=O) groups is 1. The van der Waals surface area contributed by atoms with Crippen LogP contribution in [0.5, 0.6) is 5.75 Å². The predicted molar refractivity (Wildman–Crippen MR) is 124 cm³/mol. The van der Waals surface area contributed by atoms with Gasteiger partial charge < -0.3 is 19.0 Å². The molecule has 0 spiro atoms. The summed E-state index contributed by atoms with van der Waals surface area (Å²) in [6.45, 7) is 2.79. The number of rotatable bonds is 9. The highest BCUT2D eigenvalue weighted by molar-refractivity contribution is 6.30. The zero-order chi connectivity index (χ0) is 23.2. The molecule has 168 valence electrons. The minimum atomic E-state index is -1.07. The van der Waals surface area contributed by atoms with Crippen molar-refractivity contribution in [1.82, 2.24) is 4.98 Å². The number of carboxylic acid groups (broad SMARTS) is 1. The molecule has 0 unspecified atom stereocenters. The molecule has 6 nitrogen and oxygen atoms in total. The Hall–Kier alpha value is -3.61. The number of hydrogen-bond acceptors (Lipinski definition) is 5. The fourth-order valence-electron chi connectivity index (χ4n) is 3.29. The van der Waals surface area contributed by atoms with Crippen molar-refractivity contribution in [2.24, 2.45) is 0 Å². The lowest BCUT2D eigenvalue weighted by atomic mass is 10.1. The SMILES string of the molecule is Cc1oc(-c2ccccc2)nc1COCc1cccc(COc2cc(Cl)ccc2C(=O)O)c1. The van der Waals surface area contributed by atoms with E-state index in [4.69, 9.17) is 25.5 Å². The lowest BCUT2D eigenvalue weighted by Crippen LogP contribution is -2.04. The van der Waals surface area contributed by atoms with Crippen molar-refractivity contribution >= 4 is 17.6 Å². The molecule has 1 aromatic heterocycles. The zero-order valence-corrected chi connectivity index (χ0v) is 18.7. The molecule has 7 heteroatoms. The Morgan fingerprint density at radius 3 is 2.48 bits per heavy atom. The highest BCUT2D eigenvalue weighted by Crippen LogP contribution is 2.25. The van der Waals surface area contributed by atoms with Gasteiger partial charge in [-0.05, 0) is 48.4 Å². The van der Waals surface area contributed by atoms with Gasteiger partial charge in [0.1, 0.15) is 29.4 Å². The molecule has 0 aliphatic heterocycles. The Morgan fingerprint density at radius 1 is 0.970 bits per heavy atom. The summed E-state index contributed by atoms with van der Waals surface area (Å²) in [4.78, 5) is 15.9. The summed E-state index contributed by atoms with van der Waals surface area (Å²) in [6, 6.07) is 21.9. The first-order valence-electron chi connectivity index (χ1n) is 10.3. The van der Waals surface area contributed by atoms with E-state index in [9.17, 15) is 9.90 Å².